The standard InChI is InChI=1S/C16H14N4O/c1-9(21)15-19-13-3-2-10(8-14(13)20-15)11-4-6-17-16-12(11)5-7-18-16/h2-9,21H,1H3,(H,17,18)(H,19,20). The summed E-state index contributed by atoms with van der Waals surface area (Å²) in [6, 6.07) is 10.1. The highest BCUT2D eigenvalue weighted by Gasteiger charge is 2.10. The van der Waals surface area contributed by atoms with Crippen LogP contribution in [0, 0.1) is 0 Å². The van der Waals surface area contributed by atoms with Crippen LogP contribution >= 0.6 is 0 Å². The van der Waals surface area contributed by atoms with Crippen LogP contribution in [-0.2, 0) is 0 Å². The predicted octanol–water partition coefficient (Wildman–Crippen LogP) is 3.16. The van der Waals surface area contributed by atoms with E-state index >= 15 is 0 Å². The average molecular weight is 278 g/mol. The predicted molar refractivity (Wildman–Crippen MR) is 81.8 cm³/mol. The lowest BCUT2D eigenvalue weighted by atomic mass is 10.0. The third-order valence-electron chi connectivity index (χ3n) is 3.67. The maximum Gasteiger partial charge on any atom is 0.137 e. The van der Waals surface area contributed by atoms with Gasteiger partial charge in [0.2, 0.25) is 0 Å². The molecule has 0 saturated carbocycles. The first-order chi connectivity index (χ1) is 10.2. The van der Waals surface area contributed by atoms with Crippen LogP contribution in [0.25, 0.3) is 33.2 Å². The van der Waals surface area contributed by atoms with Gasteiger partial charge in [0.05, 0.1) is 11.0 Å². The Hall–Kier alpha value is -2.66. The Morgan fingerprint density at radius 3 is 2.95 bits per heavy atom. The highest BCUT2D eigenvalue weighted by molar-refractivity contribution is 5.95. The second-order valence-corrected chi connectivity index (χ2v) is 5.13. The number of aromatic amines is 2. The molecule has 0 amide bonds. The van der Waals surface area contributed by atoms with Gasteiger partial charge in [-0.3, -0.25) is 0 Å². The SMILES string of the molecule is CC(O)c1nc2ccc(-c3ccnc4[nH]ccc34)cc2[nH]1. The molecule has 104 valence electrons. The van der Waals surface area contributed by atoms with Crippen LogP contribution in [0.2, 0.25) is 0 Å². The smallest absolute Gasteiger partial charge is 0.137 e. The van der Waals surface area contributed by atoms with E-state index in [4.69, 9.17) is 0 Å². The van der Waals surface area contributed by atoms with E-state index in [2.05, 4.69) is 26.0 Å². The van der Waals surface area contributed by atoms with Crippen molar-refractivity contribution in [3.8, 4) is 11.1 Å². The zero-order valence-electron chi connectivity index (χ0n) is 11.5. The highest BCUT2D eigenvalue weighted by atomic mass is 16.3. The van der Waals surface area contributed by atoms with Crippen molar-refractivity contribution in [2.45, 2.75) is 13.0 Å². The fourth-order valence-electron chi connectivity index (χ4n) is 2.61. The molecule has 0 bridgehead atoms. The maximum atomic E-state index is 9.62. The van der Waals surface area contributed by atoms with Crippen LogP contribution < -0.4 is 0 Å². The van der Waals surface area contributed by atoms with Crippen molar-refractivity contribution in [1.82, 2.24) is 19.9 Å². The number of nitrogens with zero attached hydrogens (tertiary/aromatic N) is 2. The van der Waals surface area contributed by atoms with Crippen LogP contribution in [0.15, 0.2) is 42.7 Å². The Kier molecular flexibility index (Phi) is 2.55. The molecule has 1 aromatic carbocycles. The molecule has 3 N–H and O–H groups in total. The van der Waals surface area contributed by atoms with E-state index in [-0.39, 0.29) is 0 Å². The number of aromatic nitrogens is 4. The molecular formula is C16H14N4O. The van der Waals surface area contributed by atoms with Crippen LogP contribution in [0.3, 0.4) is 0 Å². The Morgan fingerprint density at radius 1 is 1.19 bits per heavy atom. The van der Waals surface area contributed by atoms with Gasteiger partial charge in [-0.1, -0.05) is 6.07 Å². The summed E-state index contributed by atoms with van der Waals surface area (Å²) in [5.41, 5.74) is 4.87. The topological polar surface area (TPSA) is 77.6 Å². The Balaban J connectivity index is 1.92. The van der Waals surface area contributed by atoms with Crippen molar-refractivity contribution < 1.29 is 5.11 Å². The molecule has 5 heteroatoms. The maximum absolute atomic E-state index is 9.62. The summed E-state index contributed by atoms with van der Waals surface area (Å²) in [5.74, 6) is 0.587. The number of hydrogen-bond donors (Lipinski definition) is 3. The van der Waals surface area contributed by atoms with Gasteiger partial charge in [0, 0.05) is 17.8 Å². The van der Waals surface area contributed by atoms with Crippen LogP contribution in [0.5, 0.6) is 0 Å². The fourth-order valence-corrected chi connectivity index (χ4v) is 2.61. The number of nitrogens with one attached hydrogen (secondary N) is 2. The molecule has 0 fully saturated rings. The van der Waals surface area contributed by atoms with Gasteiger partial charge in [-0.05, 0) is 42.3 Å². The molecule has 5 nitrogen and oxygen atoms in total. The number of H-pyrrole nitrogens is 2. The van der Waals surface area contributed by atoms with Crippen LogP contribution in [0.1, 0.15) is 18.9 Å². The summed E-state index contributed by atoms with van der Waals surface area (Å²) in [4.78, 5) is 15.0. The number of aliphatic hydroxyl groups excluding tert-OH is 1. The van der Waals surface area contributed by atoms with E-state index in [9.17, 15) is 5.11 Å². The summed E-state index contributed by atoms with van der Waals surface area (Å²) in [6.45, 7) is 1.70. The van der Waals surface area contributed by atoms with E-state index < -0.39 is 6.10 Å². The van der Waals surface area contributed by atoms with Crippen molar-refractivity contribution in [1.29, 1.82) is 0 Å². The van der Waals surface area contributed by atoms with E-state index in [1.807, 2.05) is 30.5 Å². The van der Waals surface area contributed by atoms with Gasteiger partial charge in [0.1, 0.15) is 17.6 Å². The third kappa shape index (κ3) is 1.90. The number of hydrogen-bond acceptors (Lipinski definition) is 3. The molecule has 4 aromatic rings. The van der Waals surface area contributed by atoms with E-state index in [1.54, 1.807) is 13.1 Å². The first kappa shape index (κ1) is 12.1. The van der Waals surface area contributed by atoms with Gasteiger partial charge in [0.15, 0.2) is 0 Å². The molecule has 1 unspecified atom stereocenters. The zero-order valence-corrected chi connectivity index (χ0v) is 11.5. The Morgan fingerprint density at radius 2 is 2.10 bits per heavy atom. The summed E-state index contributed by atoms with van der Waals surface area (Å²) in [7, 11) is 0. The van der Waals surface area contributed by atoms with Crippen LogP contribution in [-0.4, -0.2) is 25.0 Å². The normalized spacial score (nSPS) is 13.0. The second kappa shape index (κ2) is 4.43. The minimum absolute atomic E-state index is 0.587. The number of rotatable bonds is 2. The molecule has 0 radical (unpaired) electrons. The van der Waals surface area contributed by atoms with Crippen molar-refractivity contribution in [3.05, 3.63) is 48.5 Å². The number of imidazole rings is 1. The first-order valence-electron chi connectivity index (χ1n) is 6.82. The lowest BCUT2D eigenvalue weighted by Crippen LogP contribution is -1.92. The van der Waals surface area contributed by atoms with Gasteiger partial charge in [0.25, 0.3) is 0 Å². The number of aliphatic hydroxyl groups is 1. The number of benzene rings is 1. The van der Waals surface area contributed by atoms with E-state index in [0.29, 0.717) is 5.82 Å². The molecule has 0 spiro atoms. The van der Waals surface area contributed by atoms with Gasteiger partial charge >= 0.3 is 0 Å². The number of fused-ring (bicyclic) bond motifs is 2. The average Bonchev–Trinajstić information content (AvgIpc) is 3.12. The summed E-state index contributed by atoms with van der Waals surface area (Å²) < 4.78 is 0. The largest absolute Gasteiger partial charge is 0.385 e. The Bertz CT molecular complexity index is 936. The summed E-state index contributed by atoms with van der Waals surface area (Å²) >= 11 is 0. The van der Waals surface area contributed by atoms with Crippen molar-refractivity contribution >= 4 is 22.1 Å². The van der Waals surface area contributed by atoms with E-state index in [1.165, 1.54) is 0 Å². The molecule has 3 heterocycles. The molecule has 0 aliphatic carbocycles. The molecule has 0 saturated heterocycles. The lowest BCUT2D eigenvalue weighted by Gasteiger charge is -2.03. The minimum atomic E-state index is -0.599. The third-order valence-corrected chi connectivity index (χ3v) is 3.67. The van der Waals surface area contributed by atoms with E-state index in [0.717, 1.165) is 33.2 Å². The quantitative estimate of drug-likeness (QED) is 0.527. The van der Waals surface area contributed by atoms with Gasteiger partial charge in [-0.2, -0.15) is 0 Å². The molecule has 0 aliphatic heterocycles. The summed E-state index contributed by atoms with van der Waals surface area (Å²) in [5, 5.41) is 10.7. The highest BCUT2D eigenvalue weighted by Crippen LogP contribution is 2.29. The monoisotopic (exact) mass is 278 g/mol. The molecule has 4 rings (SSSR count). The van der Waals surface area contributed by atoms with Crippen molar-refractivity contribution in [3.63, 3.8) is 0 Å². The Labute approximate surface area is 120 Å². The summed E-state index contributed by atoms with van der Waals surface area (Å²) in [6.07, 6.45) is 3.09. The number of pyridine rings is 1. The van der Waals surface area contributed by atoms with Gasteiger partial charge < -0.3 is 15.1 Å². The van der Waals surface area contributed by atoms with Gasteiger partial charge in [-0.25, -0.2) is 9.97 Å². The first-order valence-corrected chi connectivity index (χ1v) is 6.82. The van der Waals surface area contributed by atoms with Gasteiger partial charge in [-0.15, -0.1) is 0 Å². The fraction of sp³-hybridized carbons (Fsp3) is 0.125. The molecular weight excluding hydrogens is 264 g/mol. The van der Waals surface area contributed by atoms with Crippen LogP contribution in [0.4, 0.5) is 0 Å². The minimum Gasteiger partial charge on any atom is -0.385 e. The molecule has 0 aliphatic rings. The van der Waals surface area contributed by atoms with Crippen molar-refractivity contribution in [2.24, 2.45) is 0 Å². The molecule has 21 heavy (non-hydrogen) atoms. The van der Waals surface area contributed by atoms with Crippen molar-refractivity contribution in [2.75, 3.05) is 0 Å². The second-order valence-electron chi connectivity index (χ2n) is 5.13. The molecule has 3 aromatic heterocycles. The molecule has 1 atom stereocenters. The zero-order chi connectivity index (χ0) is 14.4. The lowest BCUT2D eigenvalue weighted by molar-refractivity contribution is 0.190.